The summed E-state index contributed by atoms with van der Waals surface area (Å²) in [6, 6.07) is 20.0. The van der Waals surface area contributed by atoms with Gasteiger partial charge in [0, 0.05) is 16.0 Å². The van der Waals surface area contributed by atoms with Crippen LogP contribution in [-0.2, 0) is 10.0 Å². The van der Waals surface area contributed by atoms with E-state index in [1.807, 2.05) is 12.1 Å². The third kappa shape index (κ3) is 4.17. The molecule has 164 valence electrons. The van der Waals surface area contributed by atoms with Crippen LogP contribution in [0.25, 0.3) is 16.6 Å². The van der Waals surface area contributed by atoms with Crippen molar-refractivity contribution in [1.29, 1.82) is 0 Å². The molecule has 1 heterocycles. The molecule has 0 aliphatic heterocycles. The molecule has 0 bridgehead atoms. The van der Waals surface area contributed by atoms with Crippen LogP contribution in [0.1, 0.15) is 18.8 Å². The van der Waals surface area contributed by atoms with Crippen LogP contribution in [0, 0.1) is 0 Å². The number of benzene rings is 3. The van der Waals surface area contributed by atoms with Crippen molar-refractivity contribution >= 4 is 52.8 Å². The minimum absolute atomic E-state index is 0.161. The fraction of sp³-hybridized carbons (Fsp3) is 0.130. The Morgan fingerprint density at radius 1 is 0.906 bits per heavy atom. The lowest BCUT2D eigenvalue weighted by Gasteiger charge is -2.26. The first-order chi connectivity index (χ1) is 15.2. The Morgan fingerprint density at radius 3 is 2.09 bits per heavy atom. The predicted octanol–water partition coefficient (Wildman–Crippen LogP) is 5.29. The van der Waals surface area contributed by atoms with E-state index in [9.17, 15) is 13.2 Å². The molecule has 3 aromatic carbocycles. The lowest BCUT2D eigenvalue weighted by molar-refractivity contribution is 0.379. The van der Waals surface area contributed by atoms with Gasteiger partial charge in [-0.25, -0.2) is 13.4 Å². The van der Waals surface area contributed by atoms with Gasteiger partial charge in [-0.3, -0.25) is 9.36 Å². The highest BCUT2D eigenvalue weighted by Gasteiger charge is 2.30. The van der Waals surface area contributed by atoms with Gasteiger partial charge < -0.3 is 0 Å². The van der Waals surface area contributed by atoms with Crippen molar-refractivity contribution in [3.05, 3.63) is 97.9 Å². The van der Waals surface area contributed by atoms with Crippen LogP contribution < -0.4 is 5.56 Å². The number of para-hydroxylation sites is 1. The summed E-state index contributed by atoms with van der Waals surface area (Å²) in [4.78, 5) is 18.3. The summed E-state index contributed by atoms with van der Waals surface area (Å²) in [6.07, 6.45) is 0. The molecule has 0 saturated heterocycles. The second kappa shape index (κ2) is 8.90. The van der Waals surface area contributed by atoms with Crippen LogP contribution in [0.2, 0.25) is 0 Å². The molecule has 0 N–H and O–H groups in total. The molecule has 0 radical (unpaired) electrons. The number of fused-ring (bicyclic) bond motifs is 1. The minimum Gasteiger partial charge on any atom is -0.268 e. The maximum absolute atomic E-state index is 13.5. The topological polar surface area (TPSA) is 72.3 Å². The van der Waals surface area contributed by atoms with Crippen LogP contribution in [0.3, 0.4) is 0 Å². The lowest BCUT2D eigenvalue weighted by Crippen LogP contribution is -2.34. The highest BCUT2D eigenvalue weighted by molar-refractivity contribution is 9.10. The van der Waals surface area contributed by atoms with E-state index in [4.69, 9.17) is 4.98 Å². The first-order valence-electron chi connectivity index (χ1n) is 9.71. The van der Waals surface area contributed by atoms with Gasteiger partial charge in [-0.1, -0.05) is 44.0 Å². The molecule has 0 amide bonds. The van der Waals surface area contributed by atoms with Gasteiger partial charge in [-0.15, -0.1) is 0 Å². The average molecular weight is 577 g/mol. The Bertz CT molecular complexity index is 1450. The van der Waals surface area contributed by atoms with E-state index in [1.165, 1.54) is 28.1 Å². The molecule has 9 heteroatoms. The number of halogens is 2. The Morgan fingerprint density at radius 2 is 1.47 bits per heavy atom. The van der Waals surface area contributed by atoms with Crippen LogP contribution in [0.4, 0.5) is 0 Å². The number of hydrogen-bond acceptors (Lipinski definition) is 4. The van der Waals surface area contributed by atoms with Crippen molar-refractivity contribution in [3.63, 3.8) is 0 Å². The summed E-state index contributed by atoms with van der Waals surface area (Å²) in [5, 5.41) is 0.463. The molecule has 6 nitrogen and oxygen atoms in total. The third-order valence-electron chi connectivity index (χ3n) is 5.30. The molecule has 32 heavy (non-hydrogen) atoms. The zero-order valence-electron chi connectivity index (χ0n) is 17.2. The number of hydrogen-bond donors (Lipinski definition) is 0. The van der Waals surface area contributed by atoms with Gasteiger partial charge in [-0.05, 0) is 67.6 Å². The van der Waals surface area contributed by atoms with Crippen molar-refractivity contribution in [2.45, 2.75) is 17.9 Å². The van der Waals surface area contributed by atoms with Crippen LogP contribution >= 0.6 is 31.9 Å². The molecule has 1 aromatic heterocycles. The Balaban J connectivity index is 1.90. The smallest absolute Gasteiger partial charge is 0.266 e. The molecule has 1 atom stereocenters. The van der Waals surface area contributed by atoms with E-state index in [1.54, 1.807) is 55.5 Å². The predicted molar refractivity (Wildman–Crippen MR) is 133 cm³/mol. The number of nitrogens with zero attached hydrogens (tertiary/aromatic N) is 3. The van der Waals surface area contributed by atoms with E-state index in [-0.39, 0.29) is 10.5 Å². The van der Waals surface area contributed by atoms with E-state index >= 15 is 0 Å². The second-order valence-electron chi connectivity index (χ2n) is 7.26. The van der Waals surface area contributed by atoms with Crippen molar-refractivity contribution < 1.29 is 8.42 Å². The average Bonchev–Trinajstić information content (AvgIpc) is 2.79. The maximum atomic E-state index is 13.5. The minimum atomic E-state index is -3.83. The van der Waals surface area contributed by atoms with Gasteiger partial charge in [0.1, 0.15) is 5.82 Å². The standard InChI is InChI=1S/C23H19Br2N3O3S/c1-15(27(2)32(30,31)19-13-9-17(25)10-14-19)22-26-21-6-4-3-5-20(21)23(29)28(22)18-11-7-16(24)8-12-18/h3-15H,1-2H3/t15-/m0/s1. The fourth-order valence-electron chi connectivity index (χ4n) is 3.41. The quantitative estimate of drug-likeness (QED) is 0.323. The second-order valence-corrected chi connectivity index (χ2v) is 11.1. The Hall–Kier alpha value is -2.33. The van der Waals surface area contributed by atoms with Crippen molar-refractivity contribution in [1.82, 2.24) is 13.9 Å². The molecular formula is C23H19Br2N3O3S. The van der Waals surface area contributed by atoms with Gasteiger partial charge in [-0.2, -0.15) is 4.31 Å². The maximum Gasteiger partial charge on any atom is 0.266 e. The first-order valence-corrected chi connectivity index (χ1v) is 12.7. The monoisotopic (exact) mass is 575 g/mol. The van der Waals surface area contributed by atoms with Gasteiger partial charge in [0.15, 0.2) is 0 Å². The normalized spacial score (nSPS) is 12.9. The summed E-state index contributed by atoms with van der Waals surface area (Å²) >= 11 is 6.74. The van der Waals surface area contributed by atoms with Crippen molar-refractivity contribution in [3.8, 4) is 5.69 Å². The van der Waals surface area contributed by atoms with Gasteiger partial charge >= 0.3 is 0 Å². The molecule has 0 aliphatic carbocycles. The number of rotatable bonds is 5. The molecule has 4 aromatic rings. The first kappa shape index (κ1) is 22.8. The molecule has 0 fully saturated rings. The summed E-state index contributed by atoms with van der Waals surface area (Å²) in [5.74, 6) is 0.333. The van der Waals surface area contributed by atoms with E-state index in [2.05, 4.69) is 31.9 Å². The van der Waals surface area contributed by atoms with E-state index in [0.717, 1.165) is 8.95 Å². The zero-order valence-corrected chi connectivity index (χ0v) is 21.2. The SMILES string of the molecule is C[C@@H](c1nc2ccccc2c(=O)n1-c1ccc(Br)cc1)N(C)S(=O)(=O)c1ccc(Br)cc1. The molecule has 0 aliphatic rings. The summed E-state index contributed by atoms with van der Waals surface area (Å²) in [5.41, 5.74) is 0.865. The Labute approximate surface area is 202 Å². The third-order valence-corrected chi connectivity index (χ3v) is 8.30. The van der Waals surface area contributed by atoms with Crippen LogP contribution in [0.15, 0.2) is 91.4 Å². The summed E-state index contributed by atoms with van der Waals surface area (Å²) in [6.45, 7) is 1.72. The number of sulfonamides is 1. The molecule has 4 rings (SSSR count). The molecule has 0 spiro atoms. The Kier molecular flexibility index (Phi) is 6.35. The molecular weight excluding hydrogens is 558 g/mol. The fourth-order valence-corrected chi connectivity index (χ4v) is 5.27. The highest BCUT2D eigenvalue weighted by atomic mass is 79.9. The number of aromatic nitrogens is 2. The zero-order chi connectivity index (χ0) is 23.0. The molecule has 0 saturated carbocycles. The largest absolute Gasteiger partial charge is 0.268 e. The van der Waals surface area contributed by atoms with Crippen LogP contribution in [0.5, 0.6) is 0 Å². The van der Waals surface area contributed by atoms with E-state index < -0.39 is 16.1 Å². The lowest BCUT2D eigenvalue weighted by atomic mass is 10.2. The van der Waals surface area contributed by atoms with Gasteiger partial charge in [0.2, 0.25) is 10.0 Å². The highest BCUT2D eigenvalue weighted by Crippen LogP contribution is 2.28. The van der Waals surface area contributed by atoms with Crippen LogP contribution in [-0.4, -0.2) is 29.3 Å². The van der Waals surface area contributed by atoms with Crippen molar-refractivity contribution in [2.24, 2.45) is 0 Å². The molecule has 0 unspecified atom stereocenters. The van der Waals surface area contributed by atoms with Gasteiger partial charge in [0.25, 0.3) is 5.56 Å². The summed E-state index contributed by atoms with van der Waals surface area (Å²) < 4.78 is 30.9. The van der Waals surface area contributed by atoms with Gasteiger partial charge in [0.05, 0.1) is 27.5 Å². The van der Waals surface area contributed by atoms with Crippen molar-refractivity contribution in [2.75, 3.05) is 7.05 Å². The summed E-state index contributed by atoms with van der Waals surface area (Å²) in [7, 11) is -2.33. The van der Waals surface area contributed by atoms with E-state index in [0.29, 0.717) is 22.4 Å².